The number of nitrogens with one attached hydrogen (secondary N) is 1. The van der Waals surface area contributed by atoms with E-state index in [1.54, 1.807) is 26.4 Å². The molecule has 160 valence electrons. The van der Waals surface area contributed by atoms with E-state index in [2.05, 4.69) is 20.4 Å². The van der Waals surface area contributed by atoms with E-state index in [0.29, 0.717) is 53.7 Å². The highest BCUT2D eigenvalue weighted by atomic mass is 127. The summed E-state index contributed by atoms with van der Waals surface area (Å²) in [7, 11) is 3.19. The van der Waals surface area contributed by atoms with Gasteiger partial charge in [0.15, 0.2) is 17.5 Å². The number of benzene rings is 2. The van der Waals surface area contributed by atoms with Crippen molar-refractivity contribution in [2.24, 2.45) is 10.7 Å². The van der Waals surface area contributed by atoms with Crippen molar-refractivity contribution in [1.82, 2.24) is 15.5 Å². The molecule has 0 aliphatic rings. The molecule has 0 amide bonds. The van der Waals surface area contributed by atoms with Crippen LogP contribution in [0, 0.1) is 0 Å². The van der Waals surface area contributed by atoms with Gasteiger partial charge in [-0.3, -0.25) is 0 Å². The van der Waals surface area contributed by atoms with Crippen LogP contribution in [-0.2, 0) is 13.0 Å². The molecule has 0 fully saturated rings. The highest BCUT2D eigenvalue weighted by Gasteiger charge is 2.09. The summed E-state index contributed by atoms with van der Waals surface area (Å²) in [4.78, 5) is 8.69. The highest BCUT2D eigenvalue weighted by Crippen LogP contribution is 2.27. The molecule has 3 aromatic rings. The Balaban J connectivity index is 0.00000320. The quantitative estimate of drug-likeness (QED) is 0.254. The number of hydrogen-bond acceptors (Lipinski definition) is 6. The number of rotatable bonds is 8. The zero-order valence-corrected chi connectivity index (χ0v) is 19.7. The molecule has 0 spiro atoms. The number of aliphatic imine (C=N–C) groups is 1. The largest absolute Gasteiger partial charge is 0.493 e. The van der Waals surface area contributed by atoms with Gasteiger partial charge in [-0.25, -0.2) is 4.99 Å². The van der Waals surface area contributed by atoms with E-state index in [1.165, 1.54) is 0 Å². The number of aromatic nitrogens is 2. The third kappa shape index (κ3) is 6.49. The predicted molar refractivity (Wildman–Crippen MR) is 127 cm³/mol. The Bertz CT molecular complexity index is 996. The molecule has 0 aliphatic heterocycles. The lowest BCUT2D eigenvalue weighted by atomic mass is 10.2. The van der Waals surface area contributed by atoms with Gasteiger partial charge in [0.2, 0.25) is 11.7 Å². The third-order valence-electron chi connectivity index (χ3n) is 4.08. The topological polar surface area (TPSA) is 108 Å². The van der Waals surface area contributed by atoms with Gasteiger partial charge in [0.05, 0.1) is 20.8 Å². The Kier molecular flexibility index (Phi) is 9.18. The number of guanidine groups is 1. The standard InChI is InChI=1S/C20H22ClN5O3.HI/c1-27-16-7-6-13(10-17(16)28-2)12-24-20(22)23-9-8-18-25-19(26-29-18)14-4-3-5-15(21)11-14;/h3-7,10-11H,8-9,12H2,1-2H3,(H3,22,23,24);1H. The molecule has 0 bridgehead atoms. The number of hydrogen-bond donors (Lipinski definition) is 2. The zero-order chi connectivity index (χ0) is 20.6. The lowest BCUT2D eigenvalue weighted by molar-refractivity contribution is 0.354. The molecular formula is C20H23ClIN5O3. The van der Waals surface area contributed by atoms with E-state index >= 15 is 0 Å². The second-order valence-corrected chi connectivity index (χ2v) is 6.53. The molecule has 1 aromatic heterocycles. The van der Waals surface area contributed by atoms with Gasteiger partial charge in [0.25, 0.3) is 0 Å². The van der Waals surface area contributed by atoms with Crippen LogP contribution in [-0.4, -0.2) is 36.9 Å². The normalized spacial score (nSPS) is 11.0. The van der Waals surface area contributed by atoms with Crippen molar-refractivity contribution in [2.45, 2.75) is 13.0 Å². The van der Waals surface area contributed by atoms with Gasteiger partial charge in [-0.2, -0.15) is 4.98 Å². The maximum Gasteiger partial charge on any atom is 0.228 e. The predicted octanol–water partition coefficient (Wildman–Crippen LogP) is 3.67. The highest BCUT2D eigenvalue weighted by molar-refractivity contribution is 14.0. The Hall–Kier alpha value is -2.53. The summed E-state index contributed by atoms with van der Waals surface area (Å²) < 4.78 is 15.8. The molecule has 0 atom stereocenters. The van der Waals surface area contributed by atoms with Gasteiger partial charge in [-0.1, -0.05) is 35.0 Å². The van der Waals surface area contributed by atoms with Gasteiger partial charge in [0, 0.05) is 23.6 Å². The average molecular weight is 544 g/mol. The van der Waals surface area contributed by atoms with Crippen molar-refractivity contribution in [3.8, 4) is 22.9 Å². The molecule has 0 radical (unpaired) electrons. The summed E-state index contributed by atoms with van der Waals surface area (Å²) in [5.74, 6) is 2.65. The maximum absolute atomic E-state index is 5.99. The molecular weight excluding hydrogens is 521 g/mol. The van der Waals surface area contributed by atoms with Crippen molar-refractivity contribution < 1.29 is 14.0 Å². The first-order valence-corrected chi connectivity index (χ1v) is 9.30. The Morgan fingerprint density at radius 1 is 1.17 bits per heavy atom. The van der Waals surface area contributed by atoms with Crippen LogP contribution in [0.2, 0.25) is 5.02 Å². The van der Waals surface area contributed by atoms with Crippen LogP contribution in [0.4, 0.5) is 0 Å². The van der Waals surface area contributed by atoms with Crippen molar-refractivity contribution in [3.05, 3.63) is 58.9 Å². The zero-order valence-electron chi connectivity index (χ0n) is 16.6. The molecule has 2 aromatic carbocycles. The first-order valence-electron chi connectivity index (χ1n) is 8.92. The number of nitrogens with two attached hydrogens (primary N) is 1. The third-order valence-corrected chi connectivity index (χ3v) is 4.31. The molecule has 1 heterocycles. The molecule has 3 rings (SSSR count). The monoisotopic (exact) mass is 543 g/mol. The summed E-state index contributed by atoms with van der Waals surface area (Å²) >= 11 is 5.99. The summed E-state index contributed by atoms with van der Waals surface area (Å²) in [5.41, 5.74) is 7.68. The van der Waals surface area contributed by atoms with Crippen molar-refractivity contribution in [2.75, 3.05) is 20.8 Å². The van der Waals surface area contributed by atoms with Crippen molar-refractivity contribution >= 4 is 41.5 Å². The minimum absolute atomic E-state index is 0. The Morgan fingerprint density at radius 3 is 2.70 bits per heavy atom. The lowest BCUT2D eigenvalue weighted by Crippen LogP contribution is -2.33. The van der Waals surface area contributed by atoms with E-state index in [1.807, 2.05) is 30.3 Å². The molecule has 0 unspecified atom stereocenters. The number of methoxy groups -OCH3 is 2. The van der Waals surface area contributed by atoms with E-state index in [0.717, 1.165) is 11.1 Å². The maximum atomic E-state index is 5.99. The molecule has 0 saturated heterocycles. The molecule has 8 nitrogen and oxygen atoms in total. The minimum atomic E-state index is 0. The van der Waals surface area contributed by atoms with Crippen LogP contribution >= 0.6 is 35.6 Å². The number of nitrogens with zero attached hydrogens (tertiary/aromatic N) is 3. The SMILES string of the molecule is COc1ccc(CN=C(N)NCCc2nc(-c3cccc(Cl)c3)no2)cc1OC.I. The molecule has 10 heteroatoms. The average Bonchev–Trinajstić information content (AvgIpc) is 3.21. The number of ether oxygens (including phenoxy) is 2. The first-order chi connectivity index (χ1) is 14.1. The molecule has 0 aliphatic carbocycles. The van der Waals surface area contributed by atoms with Crippen LogP contribution in [0.15, 0.2) is 52.0 Å². The van der Waals surface area contributed by atoms with Gasteiger partial charge in [-0.05, 0) is 29.8 Å². The fourth-order valence-corrected chi connectivity index (χ4v) is 2.80. The summed E-state index contributed by atoms with van der Waals surface area (Å²) in [5, 5.41) is 7.63. The van der Waals surface area contributed by atoms with Crippen LogP contribution in [0.25, 0.3) is 11.4 Å². The van der Waals surface area contributed by atoms with Crippen LogP contribution in [0.5, 0.6) is 11.5 Å². The smallest absolute Gasteiger partial charge is 0.228 e. The van der Waals surface area contributed by atoms with E-state index < -0.39 is 0 Å². The van der Waals surface area contributed by atoms with Gasteiger partial charge in [0.1, 0.15) is 0 Å². The summed E-state index contributed by atoms with van der Waals surface area (Å²) in [6, 6.07) is 12.9. The first kappa shape index (κ1) is 23.7. The summed E-state index contributed by atoms with van der Waals surface area (Å²) in [6.45, 7) is 0.928. The second-order valence-electron chi connectivity index (χ2n) is 6.09. The molecule has 3 N–H and O–H groups in total. The van der Waals surface area contributed by atoms with Gasteiger partial charge >= 0.3 is 0 Å². The molecule has 30 heavy (non-hydrogen) atoms. The Labute approximate surface area is 196 Å². The van der Waals surface area contributed by atoms with E-state index in [9.17, 15) is 0 Å². The van der Waals surface area contributed by atoms with Crippen molar-refractivity contribution in [3.63, 3.8) is 0 Å². The Morgan fingerprint density at radius 2 is 1.97 bits per heavy atom. The molecule has 0 saturated carbocycles. The van der Waals surface area contributed by atoms with Crippen LogP contribution < -0.4 is 20.5 Å². The fraction of sp³-hybridized carbons (Fsp3) is 0.250. The van der Waals surface area contributed by atoms with Gasteiger partial charge in [-0.15, -0.1) is 24.0 Å². The second kappa shape index (κ2) is 11.6. The van der Waals surface area contributed by atoms with Gasteiger partial charge < -0.3 is 25.0 Å². The fourth-order valence-electron chi connectivity index (χ4n) is 2.61. The van der Waals surface area contributed by atoms with Crippen molar-refractivity contribution in [1.29, 1.82) is 0 Å². The van der Waals surface area contributed by atoms with E-state index in [-0.39, 0.29) is 24.0 Å². The van der Waals surface area contributed by atoms with E-state index in [4.69, 9.17) is 31.3 Å². The number of halogens is 2. The lowest BCUT2D eigenvalue weighted by Gasteiger charge is -2.09. The van der Waals surface area contributed by atoms with Crippen LogP contribution in [0.1, 0.15) is 11.5 Å². The minimum Gasteiger partial charge on any atom is -0.493 e. The van der Waals surface area contributed by atoms with Crippen LogP contribution in [0.3, 0.4) is 0 Å². The summed E-state index contributed by atoms with van der Waals surface area (Å²) in [6.07, 6.45) is 0.514.